The summed E-state index contributed by atoms with van der Waals surface area (Å²) in [5.41, 5.74) is 6.50. The second kappa shape index (κ2) is 9.61. The van der Waals surface area contributed by atoms with Crippen LogP contribution in [0.4, 0.5) is 5.69 Å². The first-order chi connectivity index (χ1) is 16.1. The van der Waals surface area contributed by atoms with Crippen molar-refractivity contribution in [1.29, 1.82) is 0 Å². The van der Waals surface area contributed by atoms with E-state index in [0.717, 1.165) is 51.5 Å². The van der Waals surface area contributed by atoms with Crippen LogP contribution in [0.5, 0.6) is 0 Å². The molecule has 33 heavy (non-hydrogen) atoms. The molecule has 0 aliphatic carbocycles. The first-order valence-electron chi connectivity index (χ1n) is 12.1. The van der Waals surface area contributed by atoms with Crippen molar-refractivity contribution in [1.82, 2.24) is 25.1 Å². The number of nitrogens with zero attached hydrogens (tertiary/aromatic N) is 6. The van der Waals surface area contributed by atoms with Crippen LogP contribution in [0.3, 0.4) is 0 Å². The van der Waals surface area contributed by atoms with Gasteiger partial charge in [0.1, 0.15) is 0 Å². The average molecular weight is 447 g/mol. The second-order valence-electron chi connectivity index (χ2n) is 9.48. The van der Waals surface area contributed by atoms with E-state index in [1.807, 2.05) is 4.68 Å². The van der Waals surface area contributed by atoms with Crippen molar-refractivity contribution in [3.8, 4) is 0 Å². The molecule has 2 aromatic carbocycles. The lowest BCUT2D eigenvalue weighted by Crippen LogP contribution is -2.48. The predicted octanol–water partition coefficient (Wildman–Crippen LogP) is 3.69. The molecule has 0 unspecified atom stereocenters. The molecule has 2 aliphatic rings. The van der Waals surface area contributed by atoms with Crippen molar-refractivity contribution in [2.24, 2.45) is 0 Å². The van der Waals surface area contributed by atoms with Gasteiger partial charge < -0.3 is 9.64 Å². The molecule has 3 aromatic rings. The SMILES string of the molecule is Cc1ccc([C@H](c2nnnn2C[C@@H]2CCCO2)N2CCN(c3cc(C)ccc3C)CC2)cc1. The fourth-order valence-electron chi connectivity index (χ4n) is 5.07. The number of aryl methyl sites for hydroxylation is 3. The zero-order valence-electron chi connectivity index (χ0n) is 19.9. The largest absolute Gasteiger partial charge is 0.376 e. The van der Waals surface area contributed by atoms with E-state index < -0.39 is 0 Å². The zero-order valence-corrected chi connectivity index (χ0v) is 19.9. The number of benzene rings is 2. The molecule has 0 N–H and O–H groups in total. The maximum atomic E-state index is 5.88. The van der Waals surface area contributed by atoms with Gasteiger partial charge in [0.15, 0.2) is 5.82 Å². The van der Waals surface area contributed by atoms with Crippen LogP contribution >= 0.6 is 0 Å². The summed E-state index contributed by atoms with van der Waals surface area (Å²) in [6.45, 7) is 11.9. The van der Waals surface area contributed by atoms with E-state index in [1.165, 1.54) is 27.9 Å². The monoisotopic (exact) mass is 446 g/mol. The molecule has 3 heterocycles. The molecule has 0 radical (unpaired) electrons. The molecule has 0 spiro atoms. The lowest BCUT2D eigenvalue weighted by atomic mass is 10.0. The highest BCUT2D eigenvalue weighted by Gasteiger charge is 2.32. The molecule has 0 amide bonds. The minimum absolute atomic E-state index is 0.0303. The van der Waals surface area contributed by atoms with Gasteiger partial charge in [0, 0.05) is 38.5 Å². The Bertz CT molecular complexity index is 1060. The van der Waals surface area contributed by atoms with Crippen molar-refractivity contribution in [2.45, 2.75) is 52.3 Å². The van der Waals surface area contributed by atoms with Gasteiger partial charge in [-0.1, -0.05) is 42.0 Å². The Hall–Kier alpha value is -2.77. The highest BCUT2D eigenvalue weighted by molar-refractivity contribution is 5.55. The number of rotatable bonds is 6. The third kappa shape index (κ3) is 4.80. The van der Waals surface area contributed by atoms with E-state index >= 15 is 0 Å². The fourth-order valence-corrected chi connectivity index (χ4v) is 5.07. The Morgan fingerprint density at radius 3 is 2.45 bits per heavy atom. The van der Waals surface area contributed by atoms with Gasteiger partial charge in [-0.3, -0.25) is 4.90 Å². The molecule has 0 bridgehead atoms. The van der Waals surface area contributed by atoms with Gasteiger partial charge in [-0.15, -0.1) is 5.10 Å². The predicted molar refractivity (Wildman–Crippen MR) is 130 cm³/mol. The second-order valence-corrected chi connectivity index (χ2v) is 9.48. The van der Waals surface area contributed by atoms with E-state index in [-0.39, 0.29) is 12.1 Å². The molecule has 2 fully saturated rings. The van der Waals surface area contributed by atoms with Crippen LogP contribution in [0.1, 0.15) is 47.0 Å². The van der Waals surface area contributed by atoms with Gasteiger partial charge >= 0.3 is 0 Å². The van der Waals surface area contributed by atoms with Gasteiger partial charge in [-0.25, -0.2) is 4.68 Å². The molecule has 2 saturated heterocycles. The van der Waals surface area contributed by atoms with Gasteiger partial charge in [0.05, 0.1) is 18.7 Å². The van der Waals surface area contributed by atoms with E-state index in [4.69, 9.17) is 4.74 Å². The quantitative estimate of drug-likeness (QED) is 0.576. The first-order valence-corrected chi connectivity index (χ1v) is 12.1. The highest BCUT2D eigenvalue weighted by atomic mass is 16.5. The Labute approximate surface area is 196 Å². The van der Waals surface area contributed by atoms with Crippen molar-refractivity contribution in [3.63, 3.8) is 0 Å². The summed E-state index contributed by atoms with van der Waals surface area (Å²) < 4.78 is 7.84. The number of aromatic nitrogens is 4. The molecular weight excluding hydrogens is 412 g/mol. The normalized spacial score (nSPS) is 20.3. The summed E-state index contributed by atoms with van der Waals surface area (Å²) >= 11 is 0. The molecule has 0 saturated carbocycles. The van der Waals surface area contributed by atoms with Crippen LogP contribution in [0.25, 0.3) is 0 Å². The maximum Gasteiger partial charge on any atom is 0.173 e. The van der Waals surface area contributed by atoms with Crippen LogP contribution in [0.2, 0.25) is 0 Å². The standard InChI is InChI=1S/C26H34N6O/c1-19-7-10-22(11-8-19)25(26-27-28-29-32(26)18-23-5-4-16-33-23)31-14-12-30(13-15-31)24-17-20(2)6-9-21(24)3/h6-11,17,23,25H,4-5,12-16,18H2,1-3H3/t23-,25+/m0/s1. The number of tetrazole rings is 1. The lowest BCUT2D eigenvalue weighted by Gasteiger charge is -2.40. The minimum atomic E-state index is 0.0303. The summed E-state index contributed by atoms with van der Waals surface area (Å²) in [6, 6.07) is 15.6. The minimum Gasteiger partial charge on any atom is -0.376 e. The molecule has 1 aromatic heterocycles. The van der Waals surface area contributed by atoms with Gasteiger partial charge in [-0.2, -0.15) is 0 Å². The van der Waals surface area contributed by atoms with E-state index in [0.29, 0.717) is 6.54 Å². The van der Waals surface area contributed by atoms with Crippen molar-refractivity contribution < 1.29 is 4.74 Å². The molecule has 2 atom stereocenters. The van der Waals surface area contributed by atoms with Gasteiger partial charge in [0.25, 0.3) is 0 Å². The van der Waals surface area contributed by atoms with Gasteiger partial charge in [0.2, 0.25) is 0 Å². The number of ether oxygens (including phenoxy) is 1. The summed E-state index contributed by atoms with van der Waals surface area (Å²) in [6.07, 6.45) is 2.39. The average Bonchev–Trinajstić information content (AvgIpc) is 3.50. The van der Waals surface area contributed by atoms with Crippen molar-refractivity contribution >= 4 is 5.69 Å². The smallest absolute Gasteiger partial charge is 0.173 e. The van der Waals surface area contributed by atoms with E-state index in [2.05, 4.69) is 88.6 Å². The number of anilines is 1. The summed E-state index contributed by atoms with van der Waals surface area (Å²) in [5.74, 6) is 0.912. The van der Waals surface area contributed by atoms with Crippen molar-refractivity contribution in [2.75, 3.05) is 37.7 Å². The van der Waals surface area contributed by atoms with Crippen LogP contribution < -0.4 is 4.90 Å². The van der Waals surface area contributed by atoms with Crippen LogP contribution in [-0.4, -0.2) is 64.0 Å². The Balaban J connectivity index is 1.40. The highest BCUT2D eigenvalue weighted by Crippen LogP contribution is 2.31. The first kappa shape index (κ1) is 22.0. The third-order valence-electron chi connectivity index (χ3n) is 6.98. The third-order valence-corrected chi connectivity index (χ3v) is 6.98. The summed E-state index contributed by atoms with van der Waals surface area (Å²) in [7, 11) is 0. The van der Waals surface area contributed by atoms with E-state index in [9.17, 15) is 0 Å². The molecule has 5 rings (SSSR count). The molecule has 2 aliphatic heterocycles. The Morgan fingerprint density at radius 1 is 0.970 bits per heavy atom. The van der Waals surface area contributed by atoms with Crippen LogP contribution in [0.15, 0.2) is 42.5 Å². The van der Waals surface area contributed by atoms with Gasteiger partial charge in [-0.05, 0) is 66.8 Å². The van der Waals surface area contributed by atoms with Crippen LogP contribution in [0, 0.1) is 20.8 Å². The Morgan fingerprint density at radius 2 is 1.73 bits per heavy atom. The Kier molecular flexibility index (Phi) is 6.42. The number of hydrogen-bond acceptors (Lipinski definition) is 6. The molecular formula is C26H34N6O. The molecule has 7 heteroatoms. The molecule has 7 nitrogen and oxygen atoms in total. The number of hydrogen-bond donors (Lipinski definition) is 0. The lowest BCUT2D eigenvalue weighted by molar-refractivity contribution is 0.0906. The topological polar surface area (TPSA) is 59.3 Å². The zero-order chi connectivity index (χ0) is 22.8. The molecule has 174 valence electrons. The van der Waals surface area contributed by atoms with Crippen molar-refractivity contribution in [3.05, 3.63) is 70.5 Å². The van der Waals surface area contributed by atoms with E-state index in [1.54, 1.807) is 0 Å². The summed E-state index contributed by atoms with van der Waals surface area (Å²) in [5, 5.41) is 13.0. The van der Waals surface area contributed by atoms with Crippen LogP contribution in [-0.2, 0) is 11.3 Å². The fraction of sp³-hybridized carbons (Fsp3) is 0.500. The summed E-state index contributed by atoms with van der Waals surface area (Å²) in [4.78, 5) is 5.05. The number of piperazine rings is 1. The maximum absolute atomic E-state index is 5.88.